The Morgan fingerprint density at radius 3 is 2.68 bits per heavy atom. The predicted molar refractivity (Wildman–Crippen MR) is 78.2 cm³/mol. The first-order valence-electron chi connectivity index (χ1n) is 6.78. The number of ether oxygens (including phenoxy) is 1. The minimum atomic E-state index is 0.243. The van der Waals surface area contributed by atoms with Gasteiger partial charge < -0.3 is 4.74 Å². The minimum Gasteiger partial charge on any atom is -0.492 e. The van der Waals surface area contributed by atoms with E-state index in [9.17, 15) is 4.79 Å². The maximum absolute atomic E-state index is 12.0. The van der Waals surface area contributed by atoms with Gasteiger partial charge in [-0.2, -0.15) is 0 Å². The lowest BCUT2D eigenvalue weighted by Gasteiger charge is -2.20. The highest BCUT2D eigenvalue weighted by molar-refractivity contribution is 6.42. The van der Waals surface area contributed by atoms with Gasteiger partial charge in [0.1, 0.15) is 16.6 Å². The van der Waals surface area contributed by atoms with Gasteiger partial charge in [-0.05, 0) is 25.0 Å². The van der Waals surface area contributed by atoms with Crippen LogP contribution < -0.4 is 4.74 Å². The summed E-state index contributed by atoms with van der Waals surface area (Å²) in [4.78, 5) is 12.0. The molecule has 1 fully saturated rings. The molecule has 0 spiro atoms. The van der Waals surface area contributed by atoms with E-state index in [0.717, 1.165) is 12.8 Å². The van der Waals surface area contributed by atoms with Crippen LogP contribution in [-0.4, -0.2) is 12.4 Å². The molecule has 0 aliphatic heterocycles. The van der Waals surface area contributed by atoms with Gasteiger partial charge in [0.25, 0.3) is 0 Å². The molecular formula is C15H18Cl2O2. The molecule has 0 aromatic heterocycles. The first kappa shape index (κ1) is 14.7. The fraction of sp³-hybridized carbons (Fsp3) is 0.533. The van der Waals surface area contributed by atoms with Crippen molar-refractivity contribution in [2.45, 2.75) is 38.5 Å². The normalized spacial score (nSPS) is 16.3. The summed E-state index contributed by atoms with van der Waals surface area (Å²) in [6.07, 6.45) is 6.15. The molecular weight excluding hydrogens is 283 g/mol. The summed E-state index contributed by atoms with van der Waals surface area (Å²) < 4.78 is 5.54. The van der Waals surface area contributed by atoms with Crippen molar-refractivity contribution in [2.75, 3.05) is 6.61 Å². The molecule has 0 saturated heterocycles. The number of hydrogen-bond donors (Lipinski definition) is 0. The lowest BCUT2D eigenvalue weighted by atomic mass is 9.85. The summed E-state index contributed by atoms with van der Waals surface area (Å²) >= 11 is 11.9. The zero-order valence-electron chi connectivity index (χ0n) is 10.8. The van der Waals surface area contributed by atoms with Crippen molar-refractivity contribution in [2.24, 2.45) is 5.92 Å². The van der Waals surface area contributed by atoms with Crippen LogP contribution in [0.4, 0.5) is 0 Å². The van der Waals surface area contributed by atoms with Gasteiger partial charge in [-0.25, -0.2) is 0 Å². The molecule has 0 unspecified atom stereocenters. The van der Waals surface area contributed by atoms with Crippen LogP contribution in [0.25, 0.3) is 0 Å². The van der Waals surface area contributed by atoms with Crippen molar-refractivity contribution >= 4 is 29.0 Å². The Morgan fingerprint density at radius 2 is 1.95 bits per heavy atom. The molecule has 2 rings (SSSR count). The molecule has 1 aliphatic carbocycles. The number of carbonyl (C=O) groups is 1. The summed E-state index contributed by atoms with van der Waals surface area (Å²) in [6.45, 7) is 0.370. The van der Waals surface area contributed by atoms with Crippen LogP contribution >= 0.6 is 23.2 Å². The lowest BCUT2D eigenvalue weighted by molar-refractivity contribution is -0.124. The Balaban J connectivity index is 1.79. The van der Waals surface area contributed by atoms with Crippen LogP contribution in [0, 0.1) is 5.92 Å². The van der Waals surface area contributed by atoms with Crippen molar-refractivity contribution in [3.05, 3.63) is 28.2 Å². The van der Waals surface area contributed by atoms with Gasteiger partial charge in [0.05, 0.1) is 11.6 Å². The molecule has 1 aromatic rings. The zero-order chi connectivity index (χ0) is 13.7. The summed E-state index contributed by atoms with van der Waals surface area (Å²) in [5.41, 5.74) is 0. The summed E-state index contributed by atoms with van der Waals surface area (Å²) in [5, 5.41) is 0.882. The quantitative estimate of drug-likeness (QED) is 0.772. The van der Waals surface area contributed by atoms with Crippen molar-refractivity contribution in [1.82, 2.24) is 0 Å². The molecule has 1 aromatic carbocycles. The average Bonchev–Trinajstić information content (AvgIpc) is 2.44. The Labute approximate surface area is 124 Å². The van der Waals surface area contributed by atoms with Gasteiger partial charge >= 0.3 is 0 Å². The van der Waals surface area contributed by atoms with Gasteiger partial charge in [-0.3, -0.25) is 4.79 Å². The van der Waals surface area contributed by atoms with Gasteiger partial charge in [0.2, 0.25) is 0 Å². The Bertz CT molecular complexity index is 440. The average molecular weight is 301 g/mol. The molecule has 2 nitrogen and oxygen atoms in total. The standard InChI is InChI=1S/C15H18Cl2O2/c16-12-7-4-8-14(15(12)17)19-10-9-13(18)11-5-2-1-3-6-11/h4,7-8,11H,1-3,5-6,9-10H2. The van der Waals surface area contributed by atoms with Crippen LogP contribution in [0.5, 0.6) is 5.75 Å². The van der Waals surface area contributed by atoms with E-state index in [-0.39, 0.29) is 5.92 Å². The third kappa shape index (κ3) is 4.12. The Hall–Kier alpha value is -0.730. The number of ketones is 1. The number of carbonyl (C=O) groups excluding carboxylic acids is 1. The second-order valence-corrected chi connectivity index (χ2v) is 5.74. The number of hydrogen-bond acceptors (Lipinski definition) is 2. The van der Waals surface area contributed by atoms with Crippen molar-refractivity contribution < 1.29 is 9.53 Å². The van der Waals surface area contributed by atoms with Crippen LogP contribution in [0.2, 0.25) is 10.0 Å². The topological polar surface area (TPSA) is 26.3 Å². The van der Waals surface area contributed by atoms with E-state index in [1.807, 2.05) is 0 Å². The highest BCUT2D eigenvalue weighted by Crippen LogP contribution is 2.31. The zero-order valence-corrected chi connectivity index (χ0v) is 12.3. The SMILES string of the molecule is O=C(CCOc1cccc(Cl)c1Cl)C1CCCCC1. The Morgan fingerprint density at radius 1 is 1.21 bits per heavy atom. The van der Waals surface area contributed by atoms with Gasteiger partial charge in [-0.1, -0.05) is 48.5 Å². The highest BCUT2D eigenvalue weighted by atomic mass is 35.5. The maximum Gasteiger partial charge on any atom is 0.139 e. The van der Waals surface area contributed by atoms with Gasteiger partial charge in [0, 0.05) is 12.3 Å². The third-order valence-electron chi connectivity index (χ3n) is 3.58. The van der Waals surface area contributed by atoms with E-state index in [1.165, 1.54) is 19.3 Å². The third-order valence-corrected chi connectivity index (χ3v) is 4.38. The number of benzene rings is 1. The van der Waals surface area contributed by atoms with Gasteiger partial charge in [-0.15, -0.1) is 0 Å². The van der Waals surface area contributed by atoms with Crippen LogP contribution in [0.15, 0.2) is 18.2 Å². The van der Waals surface area contributed by atoms with E-state index < -0.39 is 0 Å². The summed E-state index contributed by atoms with van der Waals surface area (Å²) in [7, 11) is 0. The number of rotatable bonds is 5. The van der Waals surface area contributed by atoms with E-state index in [2.05, 4.69) is 0 Å². The molecule has 0 heterocycles. The van der Waals surface area contributed by atoms with Crippen molar-refractivity contribution in [3.63, 3.8) is 0 Å². The highest BCUT2D eigenvalue weighted by Gasteiger charge is 2.20. The van der Waals surface area contributed by atoms with E-state index in [1.54, 1.807) is 18.2 Å². The molecule has 19 heavy (non-hydrogen) atoms. The molecule has 1 saturated carbocycles. The second-order valence-electron chi connectivity index (χ2n) is 4.95. The largest absolute Gasteiger partial charge is 0.492 e. The fourth-order valence-electron chi connectivity index (χ4n) is 2.49. The van der Waals surface area contributed by atoms with E-state index in [4.69, 9.17) is 27.9 Å². The molecule has 0 bridgehead atoms. The number of halogens is 2. The molecule has 0 amide bonds. The first-order valence-corrected chi connectivity index (χ1v) is 7.53. The maximum atomic E-state index is 12.0. The molecule has 0 N–H and O–H groups in total. The molecule has 104 valence electrons. The van der Waals surface area contributed by atoms with Crippen LogP contribution in [-0.2, 0) is 4.79 Å². The van der Waals surface area contributed by atoms with Gasteiger partial charge in [0.15, 0.2) is 0 Å². The van der Waals surface area contributed by atoms with E-state index >= 15 is 0 Å². The second kappa shape index (κ2) is 7.16. The summed E-state index contributed by atoms with van der Waals surface area (Å²) in [5.74, 6) is 1.11. The van der Waals surface area contributed by atoms with Crippen LogP contribution in [0.1, 0.15) is 38.5 Å². The molecule has 1 aliphatic rings. The first-order chi connectivity index (χ1) is 9.18. The van der Waals surface area contributed by atoms with Crippen molar-refractivity contribution in [1.29, 1.82) is 0 Å². The van der Waals surface area contributed by atoms with Crippen molar-refractivity contribution in [3.8, 4) is 5.75 Å². The molecule has 0 atom stereocenters. The smallest absolute Gasteiger partial charge is 0.139 e. The molecule has 0 radical (unpaired) electrons. The number of Topliss-reactive ketones (excluding diaryl/α,β-unsaturated/α-hetero) is 1. The predicted octanol–water partition coefficient (Wildman–Crippen LogP) is 4.91. The summed E-state index contributed by atoms with van der Waals surface area (Å²) in [6, 6.07) is 5.26. The molecule has 4 heteroatoms. The Kier molecular flexibility index (Phi) is 5.53. The minimum absolute atomic E-state index is 0.243. The van der Waals surface area contributed by atoms with E-state index in [0.29, 0.717) is 34.6 Å². The fourth-order valence-corrected chi connectivity index (χ4v) is 2.83. The van der Waals surface area contributed by atoms with Crippen LogP contribution in [0.3, 0.4) is 0 Å². The monoisotopic (exact) mass is 300 g/mol. The lowest BCUT2D eigenvalue weighted by Crippen LogP contribution is -2.19.